The van der Waals surface area contributed by atoms with Crippen LogP contribution in [-0.2, 0) is 5.75 Å². The number of fused-ring (bicyclic) bond motifs is 2. The molecule has 2 aromatic heterocycles. The molecule has 4 aromatic rings. The van der Waals surface area contributed by atoms with E-state index in [-0.39, 0.29) is 6.79 Å². The van der Waals surface area contributed by atoms with E-state index in [4.69, 9.17) is 21.1 Å². The van der Waals surface area contributed by atoms with E-state index in [1.807, 2.05) is 24.3 Å². The van der Waals surface area contributed by atoms with Crippen molar-refractivity contribution in [3.8, 4) is 22.8 Å². The number of nitrogens with zero attached hydrogens (tertiary/aromatic N) is 3. The summed E-state index contributed by atoms with van der Waals surface area (Å²) in [5.41, 5.74) is 3.21. The summed E-state index contributed by atoms with van der Waals surface area (Å²) in [5, 5.41) is 12.2. The van der Waals surface area contributed by atoms with Crippen LogP contribution in [0.5, 0.6) is 11.5 Å². The van der Waals surface area contributed by atoms with E-state index in [1.54, 1.807) is 29.2 Å². The van der Waals surface area contributed by atoms with Crippen LogP contribution in [0, 0.1) is 0 Å². The maximum absolute atomic E-state index is 6.38. The molecule has 5 rings (SSSR count). The highest BCUT2D eigenvalue weighted by molar-refractivity contribution is 7.98. The van der Waals surface area contributed by atoms with Crippen molar-refractivity contribution in [2.75, 3.05) is 6.79 Å². The minimum atomic E-state index is 0.238. The number of benzene rings is 2. The molecule has 5 nitrogen and oxygen atoms in total. The zero-order valence-electron chi connectivity index (χ0n) is 13.4. The van der Waals surface area contributed by atoms with E-state index in [2.05, 4.69) is 32.1 Å². The van der Waals surface area contributed by atoms with Crippen molar-refractivity contribution in [2.45, 2.75) is 10.9 Å². The number of hydrogen-bond acceptors (Lipinski definition) is 6. The number of ether oxygens (including phenoxy) is 2. The van der Waals surface area contributed by atoms with Gasteiger partial charge in [0, 0.05) is 22.2 Å². The summed E-state index contributed by atoms with van der Waals surface area (Å²) in [5.74, 6) is 2.09. The molecule has 0 atom stereocenters. The van der Waals surface area contributed by atoms with Crippen LogP contribution in [0.25, 0.3) is 16.2 Å². The van der Waals surface area contributed by atoms with Crippen molar-refractivity contribution in [3.05, 3.63) is 58.4 Å². The second kappa shape index (κ2) is 6.50. The molecule has 0 unspecified atom stereocenters. The molecule has 0 saturated heterocycles. The summed E-state index contributed by atoms with van der Waals surface area (Å²) in [6.07, 6.45) is 0. The number of hydrogen-bond donors (Lipinski definition) is 0. The van der Waals surface area contributed by atoms with Gasteiger partial charge in [0.2, 0.25) is 11.8 Å². The molecule has 8 heteroatoms. The van der Waals surface area contributed by atoms with Crippen LogP contribution in [0.15, 0.2) is 53.0 Å². The van der Waals surface area contributed by atoms with Gasteiger partial charge in [-0.25, -0.2) is 0 Å². The molecule has 0 bridgehead atoms. The topological polar surface area (TPSA) is 48.7 Å². The maximum Gasteiger partial charge on any atom is 0.231 e. The third-order valence-corrected chi connectivity index (χ3v) is 6.23. The van der Waals surface area contributed by atoms with E-state index in [9.17, 15) is 0 Å². The molecule has 3 heterocycles. The molecule has 0 aliphatic carbocycles. The number of thioether (sulfide) groups is 1. The van der Waals surface area contributed by atoms with Gasteiger partial charge in [0.25, 0.3) is 0 Å². The van der Waals surface area contributed by atoms with E-state index in [1.165, 1.54) is 0 Å². The summed E-state index contributed by atoms with van der Waals surface area (Å²) in [6, 6.07) is 14.0. The van der Waals surface area contributed by atoms with Gasteiger partial charge in [-0.3, -0.25) is 4.40 Å². The Kier molecular flexibility index (Phi) is 4.00. The smallest absolute Gasteiger partial charge is 0.231 e. The van der Waals surface area contributed by atoms with E-state index < -0.39 is 0 Å². The molecule has 0 amide bonds. The molecule has 0 saturated carbocycles. The normalized spacial score (nSPS) is 12.8. The van der Waals surface area contributed by atoms with Gasteiger partial charge in [0.15, 0.2) is 16.7 Å². The van der Waals surface area contributed by atoms with Crippen LogP contribution in [0.4, 0.5) is 0 Å². The molecule has 1 aliphatic rings. The fraction of sp³-hybridized carbons (Fsp3) is 0.111. The lowest BCUT2D eigenvalue weighted by Crippen LogP contribution is -1.93. The average Bonchev–Trinajstić information content (AvgIpc) is 3.37. The van der Waals surface area contributed by atoms with E-state index in [0.29, 0.717) is 16.5 Å². The third-order valence-electron chi connectivity index (χ3n) is 4.09. The Morgan fingerprint density at radius 1 is 1.12 bits per heavy atom. The molecule has 26 heavy (non-hydrogen) atoms. The van der Waals surface area contributed by atoms with Crippen LogP contribution in [0.3, 0.4) is 0 Å². The molecule has 2 aromatic carbocycles. The molecule has 0 radical (unpaired) electrons. The fourth-order valence-electron chi connectivity index (χ4n) is 2.81. The molecule has 0 spiro atoms. The van der Waals surface area contributed by atoms with Gasteiger partial charge in [-0.2, -0.15) is 0 Å². The summed E-state index contributed by atoms with van der Waals surface area (Å²) in [6.45, 7) is 0.238. The zero-order valence-corrected chi connectivity index (χ0v) is 15.8. The van der Waals surface area contributed by atoms with Gasteiger partial charge in [-0.15, -0.1) is 21.5 Å². The number of halogens is 1. The second-order valence-corrected chi connectivity index (χ2v) is 7.86. The van der Waals surface area contributed by atoms with Crippen molar-refractivity contribution in [3.63, 3.8) is 0 Å². The first-order valence-corrected chi connectivity index (χ1v) is 10.1. The van der Waals surface area contributed by atoms with Gasteiger partial charge in [-0.1, -0.05) is 53.7 Å². The molecule has 1 aliphatic heterocycles. The number of aromatic nitrogens is 3. The zero-order chi connectivity index (χ0) is 17.5. The Bertz CT molecular complexity index is 1090. The van der Waals surface area contributed by atoms with Crippen molar-refractivity contribution in [2.24, 2.45) is 0 Å². The van der Waals surface area contributed by atoms with Gasteiger partial charge in [-0.05, 0) is 17.2 Å². The predicted octanol–water partition coefficient (Wildman–Crippen LogP) is 5.13. The Morgan fingerprint density at radius 2 is 1.92 bits per heavy atom. The summed E-state index contributed by atoms with van der Waals surface area (Å²) >= 11 is 9.56. The van der Waals surface area contributed by atoms with Gasteiger partial charge >= 0.3 is 0 Å². The Hall–Kier alpha value is -2.22. The highest BCUT2D eigenvalue weighted by atomic mass is 35.5. The summed E-state index contributed by atoms with van der Waals surface area (Å²) in [7, 11) is 0. The van der Waals surface area contributed by atoms with Crippen molar-refractivity contribution >= 4 is 39.7 Å². The fourth-order valence-corrected chi connectivity index (χ4v) is 4.94. The quantitative estimate of drug-likeness (QED) is 0.443. The SMILES string of the molecule is Clc1cc2c(cc1CSc1nnc3scc(-c4ccccc4)n13)OCO2. The van der Waals surface area contributed by atoms with Crippen LogP contribution in [0.1, 0.15) is 5.56 Å². The van der Waals surface area contributed by atoms with Crippen LogP contribution in [0.2, 0.25) is 5.02 Å². The highest BCUT2D eigenvalue weighted by Gasteiger charge is 2.18. The number of thiazole rings is 1. The minimum absolute atomic E-state index is 0.238. The Balaban J connectivity index is 1.47. The second-order valence-electron chi connectivity index (χ2n) is 5.67. The van der Waals surface area contributed by atoms with Gasteiger partial charge < -0.3 is 9.47 Å². The lowest BCUT2D eigenvalue weighted by atomic mass is 10.2. The molecule has 130 valence electrons. The molecule has 0 fully saturated rings. The van der Waals surface area contributed by atoms with Crippen LogP contribution < -0.4 is 9.47 Å². The lowest BCUT2D eigenvalue weighted by molar-refractivity contribution is 0.174. The lowest BCUT2D eigenvalue weighted by Gasteiger charge is -2.06. The largest absolute Gasteiger partial charge is 0.454 e. The number of rotatable bonds is 4. The van der Waals surface area contributed by atoms with Crippen molar-refractivity contribution in [1.29, 1.82) is 0 Å². The van der Waals surface area contributed by atoms with E-state index >= 15 is 0 Å². The molecular weight excluding hydrogens is 390 g/mol. The third kappa shape index (κ3) is 2.72. The average molecular weight is 402 g/mol. The Labute approximate surface area is 162 Å². The maximum atomic E-state index is 6.38. The van der Waals surface area contributed by atoms with Crippen LogP contribution >= 0.6 is 34.7 Å². The first-order chi connectivity index (χ1) is 12.8. The predicted molar refractivity (Wildman–Crippen MR) is 103 cm³/mol. The summed E-state index contributed by atoms with van der Waals surface area (Å²) in [4.78, 5) is 0.878. The van der Waals surface area contributed by atoms with Gasteiger partial charge in [0.05, 0.1) is 5.69 Å². The van der Waals surface area contributed by atoms with Crippen LogP contribution in [-0.4, -0.2) is 21.4 Å². The molecular formula is C18H12ClN3O2S2. The standard InChI is InChI=1S/C18H12ClN3O2S2/c19-13-7-16-15(23-10-24-16)6-12(13)8-25-17-20-21-18-22(17)14(9-26-18)11-4-2-1-3-5-11/h1-7,9H,8,10H2. The summed E-state index contributed by atoms with van der Waals surface area (Å²) < 4.78 is 12.9. The van der Waals surface area contributed by atoms with Crippen molar-refractivity contribution < 1.29 is 9.47 Å². The van der Waals surface area contributed by atoms with E-state index in [0.717, 1.165) is 32.7 Å². The van der Waals surface area contributed by atoms with Gasteiger partial charge in [0.1, 0.15) is 0 Å². The minimum Gasteiger partial charge on any atom is -0.454 e. The molecule has 0 N–H and O–H groups in total. The highest BCUT2D eigenvalue weighted by Crippen LogP contribution is 2.39. The first kappa shape index (κ1) is 16.0. The Morgan fingerprint density at radius 3 is 2.77 bits per heavy atom. The first-order valence-electron chi connectivity index (χ1n) is 7.88. The van der Waals surface area contributed by atoms with Crippen molar-refractivity contribution in [1.82, 2.24) is 14.6 Å². The monoisotopic (exact) mass is 401 g/mol.